The molecule has 5 nitrogen and oxygen atoms in total. The number of aromatic nitrogens is 3. The standard InChI is InChI=1S/C18H21N3O2/c1-12-9-21(3)19-18(12)14-8-15(20(2)10-14)17-13(11-22)6-5-7-16(17)23-4/h5-10,22H,11H2,1-4H3. The SMILES string of the molecule is COc1cccc(CO)c1-c1cc(-c2nn(C)cc2C)cn1C. The van der Waals surface area contributed by atoms with Crippen molar-refractivity contribution in [3.63, 3.8) is 0 Å². The highest BCUT2D eigenvalue weighted by Gasteiger charge is 2.17. The van der Waals surface area contributed by atoms with Crippen LogP contribution in [0.3, 0.4) is 0 Å². The van der Waals surface area contributed by atoms with Crippen molar-refractivity contribution in [3.8, 4) is 28.3 Å². The van der Waals surface area contributed by atoms with Gasteiger partial charge in [-0.25, -0.2) is 0 Å². The third kappa shape index (κ3) is 2.64. The summed E-state index contributed by atoms with van der Waals surface area (Å²) < 4.78 is 9.36. The van der Waals surface area contributed by atoms with Crippen LogP contribution in [0.4, 0.5) is 0 Å². The molecule has 0 unspecified atom stereocenters. The molecule has 1 N–H and O–H groups in total. The van der Waals surface area contributed by atoms with E-state index in [1.54, 1.807) is 7.11 Å². The molecule has 5 heteroatoms. The summed E-state index contributed by atoms with van der Waals surface area (Å²) in [6, 6.07) is 7.80. The van der Waals surface area contributed by atoms with E-state index in [2.05, 4.69) is 24.3 Å². The molecule has 0 aliphatic carbocycles. The van der Waals surface area contributed by atoms with Crippen molar-refractivity contribution in [1.29, 1.82) is 0 Å². The van der Waals surface area contributed by atoms with Crippen LogP contribution in [0.2, 0.25) is 0 Å². The largest absolute Gasteiger partial charge is 0.496 e. The molecule has 23 heavy (non-hydrogen) atoms. The number of hydrogen-bond acceptors (Lipinski definition) is 3. The molecule has 3 rings (SSSR count). The number of hydrogen-bond donors (Lipinski definition) is 1. The Morgan fingerprint density at radius 3 is 2.61 bits per heavy atom. The van der Waals surface area contributed by atoms with Gasteiger partial charge >= 0.3 is 0 Å². The van der Waals surface area contributed by atoms with Gasteiger partial charge in [-0.05, 0) is 30.2 Å². The second-order valence-corrected chi connectivity index (χ2v) is 5.71. The van der Waals surface area contributed by atoms with Crippen LogP contribution in [-0.2, 0) is 20.7 Å². The number of methoxy groups -OCH3 is 1. The quantitative estimate of drug-likeness (QED) is 0.806. The van der Waals surface area contributed by atoms with E-state index in [0.717, 1.165) is 39.4 Å². The van der Waals surface area contributed by atoms with Crippen LogP contribution in [0.25, 0.3) is 22.5 Å². The van der Waals surface area contributed by atoms with E-state index < -0.39 is 0 Å². The molecule has 0 saturated heterocycles. The van der Waals surface area contributed by atoms with Crippen molar-refractivity contribution in [2.75, 3.05) is 7.11 Å². The molecule has 0 aliphatic rings. The average molecular weight is 311 g/mol. The zero-order chi connectivity index (χ0) is 16.6. The first-order valence-corrected chi connectivity index (χ1v) is 7.49. The Balaban J connectivity index is 2.18. The first-order valence-electron chi connectivity index (χ1n) is 7.49. The number of aliphatic hydroxyl groups excluding tert-OH is 1. The molecule has 0 saturated carbocycles. The van der Waals surface area contributed by atoms with Gasteiger partial charge in [-0.3, -0.25) is 4.68 Å². The van der Waals surface area contributed by atoms with Crippen LogP contribution in [0.5, 0.6) is 5.75 Å². The van der Waals surface area contributed by atoms with Crippen LogP contribution in [0.15, 0.2) is 36.7 Å². The number of nitrogens with zero attached hydrogens (tertiary/aromatic N) is 3. The van der Waals surface area contributed by atoms with Gasteiger partial charge in [0.15, 0.2) is 0 Å². The monoisotopic (exact) mass is 311 g/mol. The number of benzene rings is 1. The second-order valence-electron chi connectivity index (χ2n) is 5.71. The third-order valence-corrected chi connectivity index (χ3v) is 4.05. The van der Waals surface area contributed by atoms with Crippen LogP contribution < -0.4 is 4.74 Å². The Labute approximate surface area is 135 Å². The highest BCUT2D eigenvalue weighted by molar-refractivity contribution is 5.77. The minimum Gasteiger partial charge on any atom is -0.496 e. The lowest BCUT2D eigenvalue weighted by Gasteiger charge is -2.13. The maximum Gasteiger partial charge on any atom is 0.128 e. The van der Waals surface area contributed by atoms with Crippen molar-refractivity contribution in [2.24, 2.45) is 14.1 Å². The minimum atomic E-state index is -0.0321. The predicted molar refractivity (Wildman–Crippen MR) is 90.3 cm³/mol. The molecule has 2 aromatic heterocycles. The molecule has 0 spiro atoms. The molecule has 0 aliphatic heterocycles. The van der Waals surface area contributed by atoms with Crippen molar-refractivity contribution < 1.29 is 9.84 Å². The normalized spacial score (nSPS) is 11.0. The molecule has 0 amide bonds. The summed E-state index contributed by atoms with van der Waals surface area (Å²) in [5.41, 5.74) is 5.90. The van der Waals surface area contributed by atoms with E-state index in [9.17, 15) is 5.11 Å². The van der Waals surface area contributed by atoms with E-state index in [-0.39, 0.29) is 6.61 Å². The molecule has 120 valence electrons. The number of rotatable bonds is 4. The van der Waals surface area contributed by atoms with E-state index in [1.165, 1.54) is 0 Å². The molecule has 0 bridgehead atoms. The van der Waals surface area contributed by atoms with Gasteiger partial charge in [-0.1, -0.05) is 12.1 Å². The van der Waals surface area contributed by atoms with Crippen molar-refractivity contribution in [3.05, 3.63) is 47.8 Å². The van der Waals surface area contributed by atoms with E-state index in [0.29, 0.717) is 0 Å². The van der Waals surface area contributed by atoms with Crippen molar-refractivity contribution >= 4 is 0 Å². The van der Waals surface area contributed by atoms with Gasteiger partial charge in [-0.2, -0.15) is 5.10 Å². The molecule has 2 heterocycles. The van der Waals surface area contributed by atoms with E-state index in [4.69, 9.17) is 4.74 Å². The highest BCUT2D eigenvalue weighted by atomic mass is 16.5. The first-order chi connectivity index (χ1) is 11.0. The summed E-state index contributed by atoms with van der Waals surface area (Å²) in [7, 11) is 5.56. The fourth-order valence-electron chi connectivity index (χ4n) is 3.00. The molecule has 0 atom stereocenters. The van der Waals surface area contributed by atoms with E-state index >= 15 is 0 Å². The van der Waals surface area contributed by atoms with Crippen molar-refractivity contribution in [1.82, 2.24) is 14.3 Å². The maximum absolute atomic E-state index is 9.68. The Hall–Kier alpha value is -2.53. The summed E-state index contributed by atoms with van der Waals surface area (Å²) in [5, 5.41) is 14.2. The lowest BCUT2D eigenvalue weighted by atomic mass is 10.0. The minimum absolute atomic E-state index is 0.0321. The zero-order valence-electron chi connectivity index (χ0n) is 13.9. The first kappa shape index (κ1) is 15.4. The molecule has 0 radical (unpaired) electrons. The van der Waals surface area contributed by atoms with Gasteiger partial charge in [0.25, 0.3) is 0 Å². The average Bonchev–Trinajstić information content (AvgIpc) is 3.08. The maximum atomic E-state index is 9.68. The topological polar surface area (TPSA) is 52.2 Å². The van der Waals surface area contributed by atoms with Crippen LogP contribution in [-0.4, -0.2) is 26.6 Å². The summed E-state index contributed by atoms with van der Waals surface area (Å²) in [5.74, 6) is 0.752. The lowest BCUT2D eigenvalue weighted by Crippen LogP contribution is -1.98. The highest BCUT2D eigenvalue weighted by Crippen LogP contribution is 2.36. The Morgan fingerprint density at radius 1 is 1.22 bits per heavy atom. The Morgan fingerprint density at radius 2 is 2.00 bits per heavy atom. The number of aryl methyl sites for hydroxylation is 3. The van der Waals surface area contributed by atoms with Crippen molar-refractivity contribution in [2.45, 2.75) is 13.5 Å². The zero-order valence-corrected chi connectivity index (χ0v) is 13.9. The second kappa shape index (κ2) is 5.93. The number of aliphatic hydroxyl groups is 1. The van der Waals surface area contributed by atoms with E-state index in [1.807, 2.05) is 47.7 Å². The predicted octanol–water partition coefficient (Wildman–Crippen LogP) is 2.90. The summed E-state index contributed by atoms with van der Waals surface area (Å²) >= 11 is 0. The van der Waals surface area contributed by atoms with Crippen LogP contribution in [0.1, 0.15) is 11.1 Å². The van der Waals surface area contributed by atoms with Crippen LogP contribution >= 0.6 is 0 Å². The summed E-state index contributed by atoms with van der Waals surface area (Å²) in [4.78, 5) is 0. The van der Waals surface area contributed by atoms with Gasteiger partial charge in [0, 0.05) is 37.6 Å². The lowest BCUT2D eigenvalue weighted by molar-refractivity contribution is 0.281. The molecule has 3 aromatic rings. The Bertz CT molecular complexity index is 824. The molecule has 0 fully saturated rings. The van der Waals surface area contributed by atoms with Gasteiger partial charge < -0.3 is 14.4 Å². The van der Waals surface area contributed by atoms with Gasteiger partial charge in [0.05, 0.1) is 25.1 Å². The van der Waals surface area contributed by atoms with Crippen LogP contribution in [0, 0.1) is 6.92 Å². The molecular formula is C18H21N3O2. The fraction of sp³-hybridized carbons (Fsp3) is 0.278. The molecular weight excluding hydrogens is 290 g/mol. The van der Waals surface area contributed by atoms with Gasteiger partial charge in [0.2, 0.25) is 0 Å². The fourth-order valence-corrected chi connectivity index (χ4v) is 3.00. The molecule has 1 aromatic carbocycles. The Kier molecular flexibility index (Phi) is 3.96. The van der Waals surface area contributed by atoms with Gasteiger partial charge in [0.1, 0.15) is 5.75 Å². The smallest absolute Gasteiger partial charge is 0.128 e. The van der Waals surface area contributed by atoms with Gasteiger partial charge in [-0.15, -0.1) is 0 Å². The number of ether oxygens (including phenoxy) is 1. The summed E-state index contributed by atoms with van der Waals surface area (Å²) in [6.45, 7) is 2.02. The third-order valence-electron chi connectivity index (χ3n) is 4.05. The summed E-state index contributed by atoms with van der Waals surface area (Å²) in [6.07, 6.45) is 4.06.